The van der Waals surface area contributed by atoms with Crippen molar-refractivity contribution in [3.05, 3.63) is 0 Å². The highest BCUT2D eigenvalue weighted by molar-refractivity contribution is 4.70. The van der Waals surface area contributed by atoms with Crippen molar-refractivity contribution in [3.8, 4) is 0 Å². The highest BCUT2D eigenvalue weighted by atomic mass is 14.2. The van der Waals surface area contributed by atoms with Gasteiger partial charge < -0.3 is 0 Å². The molecule has 0 spiro atoms. The van der Waals surface area contributed by atoms with E-state index in [2.05, 4.69) is 13.8 Å². The summed E-state index contributed by atoms with van der Waals surface area (Å²) < 4.78 is 0. The summed E-state index contributed by atoms with van der Waals surface area (Å²) in [6.07, 6.45) is 7.36. The third kappa shape index (κ3) is 1.70. The first-order valence-corrected chi connectivity index (χ1v) is 4.34. The smallest absolute Gasteiger partial charge is 0.0391 e. The van der Waals surface area contributed by atoms with E-state index in [4.69, 9.17) is 0 Å². The number of hydrogen-bond donors (Lipinski definition) is 0. The molecular weight excluding hydrogens is 108 g/mol. The molecule has 2 atom stereocenters. The summed E-state index contributed by atoms with van der Waals surface area (Å²) in [5.74, 6) is 2.07. The Kier molecular flexibility index (Phi) is 2.56. The predicted octanol–water partition coefficient (Wildman–Crippen LogP) is 3.22. The van der Waals surface area contributed by atoms with Crippen LogP contribution in [0.25, 0.3) is 0 Å². The van der Waals surface area contributed by atoms with Gasteiger partial charge in [0.2, 0.25) is 0 Å². The Balaban J connectivity index is 2.30. The van der Waals surface area contributed by atoms with Gasteiger partial charge in [-0.15, -0.1) is 0 Å². The van der Waals surface area contributed by atoms with E-state index in [0.29, 0.717) is 0 Å². The lowest BCUT2D eigenvalue weighted by Crippen LogP contribution is -2.15. The third-order valence-electron chi connectivity index (χ3n) is 2.81. The van der Waals surface area contributed by atoms with Crippen LogP contribution in [-0.4, -0.2) is 0 Å². The molecule has 0 aromatic rings. The molecule has 1 rings (SSSR count). The van der Waals surface area contributed by atoms with Gasteiger partial charge in [0.1, 0.15) is 0 Å². The van der Waals surface area contributed by atoms with Crippen molar-refractivity contribution < 1.29 is 0 Å². The van der Waals surface area contributed by atoms with E-state index in [0.717, 1.165) is 11.8 Å². The molecule has 9 heavy (non-hydrogen) atoms. The molecule has 0 aromatic carbocycles. The van der Waals surface area contributed by atoms with E-state index in [9.17, 15) is 0 Å². The molecule has 0 N–H and O–H groups in total. The van der Waals surface area contributed by atoms with E-state index < -0.39 is 0 Å². The Labute approximate surface area is 58.7 Å². The SMILES string of the molecule is CC[C@H]1CCCCC1C. The molecule has 1 unspecified atom stereocenters. The fourth-order valence-electron chi connectivity index (χ4n) is 2.00. The Hall–Kier alpha value is 0. The zero-order chi connectivity index (χ0) is 6.69. The van der Waals surface area contributed by atoms with Gasteiger partial charge in [-0.05, 0) is 11.8 Å². The second-order valence-corrected chi connectivity index (χ2v) is 3.43. The summed E-state index contributed by atoms with van der Waals surface area (Å²) in [5, 5.41) is 0. The molecule has 0 aromatic heterocycles. The summed E-state index contributed by atoms with van der Waals surface area (Å²) in [5.41, 5.74) is 0. The maximum atomic E-state index is 2.41. The van der Waals surface area contributed by atoms with Crippen molar-refractivity contribution in [1.82, 2.24) is 0 Å². The van der Waals surface area contributed by atoms with E-state index in [1.54, 1.807) is 0 Å². The molecular formula is C9H18. The Morgan fingerprint density at radius 1 is 1.22 bits per heavy atom. The van der Waals surface area contributed by atoms with Gasteiger partial charge in [0.25, 0.3) is 0 Å². The summed E-state index contributed by atoms with van der Waals surface area (Å²) in [6, 6.07) is 0. The van der Waals surface area contributed by atoms with Crippen LogP contribution in [-0.2, 0) is 0 Å². The van der Waals surface area contributed by atoms with Gasteiger partial charge in [-0.1, -0.05) is 46.0 Å². The van der Waals surface area contributed by atoms with Crippen LogP contribution in [0.2, 0.25) is 0 Å². The summed E-state index contributed by atoms with van der Waals surface area (Å²) in [7, 11) is 0. The van der Waals surface area contributed by atoms with E-state index in [-0.39, 0.29) is 0 Å². The maximum Gasteiger partial charge on any atom is -0.0391 e. The topological polar surface area (TPSA) is 0 Å². The van der Waals surface area contributed by atoms with Crippen molar-refractivity contribution in [1.29, 1.82) is 0 Å². The molecule has 1 fully saturated rings. The van der Waals surface area contributed by atoms with Gasteiger partial charge in [0.05, 0.1) is 0 Å². The number of hydrogen-bond acceptors (Lipinski definition) is 0. The van der Waals surface area contributed by atoms with Gasteiger partial charge >= 0.3 is 0 Å². The molecule has 0 amide bonds. The van der Waals surface area contributed by atoms with Crippen molar-refractivity contribution in [2.75, 3.05) is 0 Å². The first-order chi connectivity index (χ1) is 4.34. The van der Waals surface area contributed by atoms with Crippen LogP contribution in [0, 0.1) is 11.8 Å². The first kappa shape index (κ1) is 7.11. The average Bonchev–Trinajstić information content (AvgIpc) is 1.89. The van der Waals surface area contributed by atoms with Crippen LogP contribution < -0.4 is 0 Å². The highest BCUT2D eigenvalue weighted by Crippen LogP contribution is 2.31. The Bertz CT molecular complexity index is 76.1. The molecule has 54 valence electrons. The summed E-state index contributed by atoms with van der Waals surface area (Å²) in [4.78, 5) is 0. The Morgan fingerprint density at radius 3 is 2.33 bits per heavy atom. The molecule has 1 aliphatic rings. The molecule has 0 heterocycles. The minimum absolute atomic E-state index is 1.02. The molecule has 1 saturated carbocycles. The standard InChI is InChI=1S/C9H18/c1-3-9-7-5-4-6-8(9)2/h8-9H,3-7H2,1-2H3/t8?,9-/m0/s1. The van der Waals surface area contributed by atoms with Crippen LogP contribution in [0.5, 0.6) is 0 Å². The molecule has 0 bridgehead atoms. The van der Waals surface area contributed by atoms with E-state index in [1.807, 2.05) is 0 Å². The summed E-state index contributed by atoms with van der Waals surface area (Å²) >= 11 is 0. The molecule has 0 nitrogen and oxygen atoms in total. The molecule has 0 heteroatoms. The average molecular weight is 126 g/mol. The number of rotatable bonds is 1. The van der Waals surface area contributed by atoms with Crippen LogP contribution >= 0.6 is 0 Å². The van der Waals surface area contributed by atoms with Crippen molar-refractivity contribution in [2.45, 2.75) is 46.0 Å². The monoisotopic (exact) mass is 126 g/mol. The Morgan fingerprint density at radius 2 is 1.89 bits per heavy atom. The zero-order valence-corrected chi connectivity index (χ0v) is 6.69. The fourth-order valence-corrected chi connectivity index (χ4v) is 2.00. The van der Waals surface area contributed by atoms with E-state index >= 15 is 0 Å². The minimum atomic E-state index is 1.02. The van der Waals surface area contributed by atoms with Gasteiger partial charge in [-0.3, -0.25) is 0 Å². The van der Waals surface area contributed by atoms with Gasteiger partial charge in [-0.25, -0.2) is 0 Å². The van der Waals surface area contributed by atoms with E-state index in [1.165, 1.54) is 32.1 Å². The van der Waals surface area contributed by atoms with Gasteiger partial charge in [-0.2, -0.15) is 0 Å². The van der Waals surface area contributed by atoms with Crippen molar-refractivity contribution in [2.24, 2.45) is 11.8 Å². The van der Waals surface area contributed by atoms with Crippen molar-refractivity contribution >= 4 is 0 Å². The van der Waals surface area contributed by atoms with Gasteiger partial charge in [0.15, 0.2) is 0 Å². The lowest BCUT2D eigenvalue weighted by Gasteiger charge is -2.27. The normalized spacial score (nSPS) is 36.7. The highest BCUT2D eigenvalue weighted by Gasteiger charge is 2.18. The lowest BCUT2D eigenvalue weighted by atomic mass is 9.79. The molecule has 1 aliphatic carbocycles. The minimum Gasteiger partial charge on any atom is -0.0651 e. The third-order valence-corrected chi connectivity index (χ3v) is 2.81. The maximum absolute atomic E-state index is 2.41. The predicted molar refractivity (Wildman–Crippen MR) is 41.4 cm³/mol. The molecule has 0 aliphatic heterocycles. The molecule has 0 radical (unpaired) electrons. The van der Waals surface area contributed by atoms with Crippen LogP contribution in [0.15, 0.2) is 0 Å². The van der Waals surface area contributed by atoms with Crippen LogP contribution in [0.1, 0.15) is 46.0 Å². The largest absolute Gasteiger partial charge is 0.0651 e. The first-order valence-electron chi connectivity index (χ1n) is 4.34. The van der Waals surface area contributed by atoms with Gasteiger partial charge in [0, 0.05) is 0 Å². The second kappa shape index (κ2) is 3.24. The second-order valence-electron chi connectivity index (χ2n) is 3.43. The molecule has 0 saturated heterocycles. The van der Waals surface area contributed by atoms with Crippen LogP contribution in [0.4, 0.5) is 0 Å². The van der Waals surface area contributed by atoms with Crippen LogP contribution in [0.3, 0.4) is 0 Å². The lowest BCUT2D eigenvalue weighted by molar-refractivity contribution is 0.249. The van der Waals surface area contributed by atoms with Crippen molar-refractivity contribution in [3.63, 3.8) is 0 Å². The fraction of sp³-hybridized carbons (Fsp3) is 1.00. The summed E-state index contributed by atoms with van der Waals surface area (Å²) in [6.45, 7) is 4.74. The zero-order valence-electron chi connectivity index (χ0n) is 6.69. The quantitative estimate of drug-likeness (QED) is 0.506.